The topological polar surface area (TPSA) is 75.1 Å². The molecule has 1 aromatic heterocycles. The van der Waals surface area contributed by atoms with Crippen molar-refractivity contribution in [2.75, 3.05) is 0 Å². The van der Waals surface area contributed by atoms with Crippen LogP contribution in [0.15, 0.2) is 54.9 Å². The molecule has 2 rings (SSSR count). The Labute approximate surface area is 117 Å². The predicted molar refractivity (Wildman–Crippen MR) is 76.2 cm³/mol. The van der Waals surface area contributed by atoms with Crippen LogP contribution in [0.4, 0.5) is 4.79 Å². The number of amides is 1. The number of benzene rings is 1. The Morgan fingerprint density at radius 2 is 1.90 bits per heavy atom. The zero-order chi connectivity index (χ0) is 14.2. The van der Waals surface area contributed by atoms with E-state index >= 15 is 0 Å². The van der Waals surface area contributed by atoms with Gasteiger partial charge >= 0.3 is 6.09 Å². The normalized spacial score (nSPS) is 12.2. The molecule has 0 aliphatic rings. The van der Waals surface area contributed by atoms with Crippen molar-refractivity contribution in [1.29, 1.82) is 0 Å². The fourth-order valence-electron chi connectivity index (χ4n) is 1.79. The zero-order valence-corrected chi connectivity index (χ0v) is 10.8. The highest BCUT2D eigenvalue weighted by Gasteiger charge is 2.08. The average Bonchev–Trinajstić information content (AvgIpc) is 2.46. The molecule has 0 fully saturated rings. The maximum Gasteiger partial charge on any atom is 0.405 e. The molecule has 2 aromatic rings. The third-order valence-corrected chi connectivity index (χ3v) is 2.67. The number of carbonyl (C=O) groups is 1. The van der Waals surface area contributed by atoms with Gasteiger partial charge in [0.2, 0.25) is 0 Å². The summed E-state index contributed by atoms with van der Waals surface area (Å²) < 4.78 is 0. The van der Waals surface area contributed by atoms with Crippen LogP contribution in [0.2, 0.25) is 0 Å². The average molecular weight is 269 g/mol. The summed E-state index contributed by atoms with van der Waals surface area (Å²) in [5.41, 5.74) is 1.06. The van der Waals surface area contributed by atoms with Crippen molar-refractivity contribution in [3.63, 3.8) is 0 Å². The first-order chi connectivity index (χ1) is 9.74. The first kappa shape index (κ1) is 13.7. The molecule has 0 spiro atoms. The summed E-state index contributed by atoms with van der Waals surface area (Å²) in [6, 6.07) is 11.1. The van der Waals surface area contributed by atoms with E-state index in [-0.39, 0.29) is 6.04 Å². The highest BCUT2D eigenvalue weighted by molar-refractivity contribution is 5.65. The van der Waals surface area contributed by atoms with Crippen molar-refractivity contribution >= 4 is 12.2 Å². The highest BCUT2D eigenvalue weighted by Crippen LogP contribution is 2.05. The lowest BCUT2D eigenvalue weighted by Gasteiger charge is -2.12. The zero-order valence-electron chi connectivity index (χ0n) is 10.8. The molecule has 20 heavy (non-hydrogen) atoms. The van der Waals surface area contributed by atoms with Crippen LogP contribution in [0, 0.1) is 0 Å². The van der Waals surface area contributed by atoms with Gasteiger partial charge in [-0.1, -0.05) is 36.4 Å². The van der Waals surface area contributed by atoms with Crippen LogP contribution in [0.3, 0.4) is 0 Å². The lowest BCUT2D eigenvalue weighted by Crippen LogP contribution is -2.33. The second-order valence-corrected chi connectivity index (χ2v) is 4.21. The summed E-state index contributed by atoms with van der Waals surface area (Å²) in [4.78, 5) is 19.0. The van der Waals surface area contributed by atoms with E-state index in [9.17, 15) is 4.79 Å². The van der Waals surface area contributed by atoms with Gasteiger partial charge in [-0.2, -0.15) is 0 Å². The number of rotatable bonds is 5. The van der Waals surface area contributed by atoms with Crippen LogP contribution < -0.4 is 5.32 Å². The number of hydrogen-bond donors (Lipinski definition) is 2. The van der Waals surface area contributed by atoms with Gasteiger partial charge in [0, 0.05) is 12.4 Å². The van der Waals surface area contributed by atoms with E-state index in [0.717, 1.165) is 5.56 Å². The van der Waals surface area contributed by atoms with Crippen LogP contribution in [0.5, 0.6) is 0 Å². The minimum atomic E-state index is -1.05. The number of carboxylic acid groups (broad SMARTS) is 1. The molecule has 5 heteroatoms. The molecule has 0 bridgehead atoms. The van der Waals surface area contributed by atoms with Gasteiger partial charge in [-0.15, -0.1) is 0 Å². The number of nitrogens with zero attached hydrogens (tertiary/aromatic N) is 2. The monoisotopic (exact) mass is 269 g/mol. The van der Waals surface area contributed by atoms with Gasteiger partial charge in [-0.25, -0.2) is 14.8 Å². The summed E-state index contributed by atoms with van der Waals surface area (Å²) in [6.07, 6.45) is 6.29. The lowest BCUT2D eigenvalue weighted by molar-refractivity contribution is 0.192. The Hall–Kier alpha value is -2.69. The molecule has 1 heterocycles. The Balaban J connectivity index is 2.07. The van der Waals surface area contributed by atoms with Crippen LogP contribution >= 0.6 is 0 Å². The molecule has 0 aliphatic heterocycles. The number of aromatic nitrogens is 2. The molecule has 0 aliphatic carbocycles. The molecule has 102 valence electrons. The largest absolute Gasteiger partial charge is 0.465 e. The fraction of sp³-hybridized carbons (Fsp3) is 0.133. The SMILES string of the molecule is O=C(O)NC(C=Cc1ncccn1)Cc1ccccc1. The second kappa shape index (κ2) is 7.04. The van der Waals surface area contributed by atoms with Gasteiger partial charge in [0.1, 0.15) is 0 Å². The third-order valence-electron chi connectivity index (χ3n) is 2.67. The lowest BCUT2D eigenvalue weighted by atomic mass is 10.1. The van der Waals surface area contributed by atoms with E-state index in [4.69, 9.17) is 5.11 Å². The van der Waals surface area contributed by atoms with E-state index in [0.29, 0.717) is 12.2 Å². The van der Waals surface area contributed by atoms with Gasteiger partial charge in [-0.3, -0.25) is 0 Å². The predicted octanol–water partition coefficient (Wildman–Crippen LogP) is 2.37. The Morgan fingerprint density at radius 1 is 1.20 bits per heavy atom. The van der Waals surface area contributed by atoms with Gasteiger partial charge in [0.15, 0.2) is 5.82 Å². The Kier molecular flexibility index (Phi) is 4.83. The summed E-state index contributed by atoms with van der Waals surface area (Å²) in [5.74, 6) is 0.553. The maximum absolute atomic E-state index is 10.8. The van der Waals surface area contributed by atoms with Crippen LogP contribution in [-0.2, 0) is 6.42 Å². The highest BCUT2D eigenvalue weighted by atomic mass is 16.4. The van der Waals surface area contributed by atoms with Crippen LogP contribution in [0.1, 0.15) is 11.4 Å². The molecular formula is C15H15N3O2. The van der Waals surface area contributed by atoms with Gasteiger partial charge in [-0.05, 0) is 24.1 Å². The van der Waals surface area contributed by atoms with Crippen LogP contribution in [-0.4, -0.2) is 27.2 Å². The molecule has 2 N–H and O–H groups in total. The van der Waals surface area contributed by atoms with E-state index in [2.05, 4.69) is 15.3 Å². The van der Waals surface area contributed by atoms with Gasteiger partial charge in [0.25, 0.3) is 0 Å². The Bertz CT molecular complexity index is 570. The van der Waals surface area contributed by atoms with Crippen molar-refractivity contribution in [3.8, 4) is 0 Å². The molecule has 1 atom stereocenters. The van der Waals surface area contributed by atoms with Crippen molar-refractivity contribution in [1.82, 2.24) is 15.3 Å². The van der Waals surface area contributed by atoms with Crippen molar-refractivity contribution in [2.24, 2.45) is 0 Å². The minimum absolute atomic E-state index is 0.321. The van der Waals surface area contributed by atoms with Crippen molar-refractivity contribution < 1.29 is 9.90 Å². The second-order valence-electron chi connectivity index (χ2n) is 4.21. The van der Waals surface area contributed by atoms with Gasteiger partial charge < -0.3 is 10.4 Å². The summed E-state index contributed by atoms with van der Waals surface area (Å²) >= 11 is 0. The van der Waals surface area contributed by atoms with Crippen molar-refractivity contribution in [2.45, 2.75) is 12.5 Å². The molecule has 0 saturated carbocycles. The third kappa shape index (κ3) is 4.53. The maximum atomic E-state index is 10.8. The van der Waals surface area contributed by atoms with Crippen molar-refractivity contribution in [3.05, 3.63) is 66.3 Å². The molecule has 5 nitrogen and oxygen atoms in total. The molecule has 1 unspecified atom stereocenters. The summed E-state index contributed by atoms with van der Waals surface area (Å²) in [6.45, 7) is 0. The smallest absolute Gasteiger partial charge is 0.405 e. The first-order valence-electron chi connectivity index (χ1n) is 6.22. The molecule has 1 aromatic carbocycles. The molecule has 0 saturated heterocycles. The number of nitrogens with one attached hydrogen (secondary N) is 1. The minimum Gasteiger partial charge on any atom is -0.465 e. The summed E-state index contributed by atoms with van der Waals surface area (Å²) in [7, 11) is 0. The molecule has 1 amide bonds. The summed E-state index contributed by atoms with van der Waals surface area (Å²) in [5, 5.41) is 11.4. The molecular weight excluding hydrogens is 254 g/mol. The number of hydrogen-bond acceptors (Lipinski definition) is 3. The van der Waals surface area contributed by atoms with E-state index in [1.165, 1.54) is 0 Å². The van der Waals surface area contributed by atoms with Crippen LogP contribution in [0.25, 0.3) is 6.08 Å². The molecule has 0 radical (unpaired) electrons. The van der Waals surface area contributed by atoms with E-state index in [1.807, 2.05) is 30.3 Å². The first-order valence-corrected chi connectivity index (χ1v) is 6.22. The standard InChI is InChI=1S/C15H15N3O2/c19-15(20)18-13(11-12-5-2-1-3-6-12)7-8-14-16-9-4-10-17-14/h1-10,13,18H,11H2,(H,19,20). The quantitative estimate of drug-likeness (QED) is 0.873. The fourth-order valence-corrected chi connectivity index (χ4v) is 1.79. The van der Waals surface area contributed by atoms with E-state index < -0.39 is 6.09 Å². The Morgan fingerprint density at radius 3 is 2.55 bits per heavy atom. The van der Waals surface area contributed by atoms with E-state index in [1.54, 1.807) is 30.6 Å². The van der Waals surface area contributed by atoms with Gasteiger partial charge in [0.05, 0.1) is 6.04 Å².